The van der Waals surface area contributed by atoms with Gasteiger partial charge in [-0.2, -0.15) is 26.3 Å². The zero-order valence-electron chi connectivity index (χ0n) is 9.16. The first-order valence-electron chi connectivity index (χ1n) is 4.94. The molecule has 0 saturated carbocycles. The first-order valence-corrected chi connectivity index (χ1v) is 5.32. The fourth-order valence-electron chi connectivity index (χ4n) is 1.35. The van der Waals surface area contributed by atoms with E-state index in [1.807, 2.05) is 0 Å². The van der Waals surface area contributed by atoms with Gasteiger partial charge in [0, 0.05) is 5.02 Å². The highest BCUT2D eigenvalue weighted by Gasteiger charge is 2.37. The van der Waals surface area contributed by atoms with Gasteiger partial charge >= 0.3 is 12.4 Å². The molecule has 0 spiro atoms. The van der Waals surface area contributed by atoms with E-state index in [4.69, 9.17) is 11.6 Å². The number of halogens is 7. The van der Waals surface area contributed by atoms with Crippen LogP contribution >= 0.6 is 11.6 Å². The van der Waals surface area contributed by atoms with Gasteiger partial charge in [0.05, 0.1) is 11.5 Å². The van der Waals surface area contributed by atoms with Crippen LogP contribution in [0, 0.1) is 5.92 Å². The van der Waals surface area contributed by atoms with E-state index in [-0.39, 0.29) is 10.6 Å². The topological polar surface area (TPSA) is 0 Å². The lowest BCUT2D eigenvalue weighted by Gasteiger charge is -2.17. The molecule has 0 nitrogen and oxygen atoms in total. The van der Waals surface area contributed by atoms with Crippen LogP contribution in [0.25, 0.3) is 0 Å². The molecule has 7 heteroatoms. The normalized spacial score (nSPS) is 14.7. The second-order valence-electron chi connectivity index (χ2n) is 3.95. The highest BCUT2D eigenvalue weighted by atomic mass is 35.5. The van der Waals surface area contributed by atoms with Gasteiger partial charge in [0.15, 0.2) is 0 Å². The first kappa shape index (κ1) is 15.1. The van der Waals surface area contributed by atoms with Gasteiger partial charge in [0.25, 0.3) is 0 Å². The standard InChI is InChI=1S/C11H9ClF6/c1-6(10(13,14)15)4-7-5-8(11(16,17)18)2-3-9(7)12/h2-3,5-6H,4H2,1H3. The maximum Gasteiger partial charge on any atom is 0.416 e. The van der Waals surface area contributed by atoms with E-state index >= 15 is 0 Å². The molecule has 0 aliphatic carbocycles. The Labute approximate surface area is 105 Å². The van der Waals surface area contributed by atoms with E-state index in [0.29, 0.717) is 6.07 Å². The molecule has 0 bridgehead atoms. The van der Waals surface area contributed by atoms with Crippen molar-refractivity contribution in [2.45, 2.75) is 25.7 Å². The third kappa shape index (κ3) is 3.80. The Morgan fingerprint density at radius 1 is 1.11 bits per heavy atom. The van der Waals surface area contributed by atoms with Crippen molar-refractivity contribution in [1.29, 1.82) is 0 Å². The van der Waals surface area contributed by atoms with Crippen molar-refractivity contribution in [3.05, 3.63) is 34.3 Å². The van der Waals surface area contributed by atoms with E-state index in [9.17, 15) is 26.3 Å². The summed E-state index contributed by atoms with van der Waals surface area (Å²) < 4.78 is 74.2. The molecule has 0 amide bonds. The van der Waals surface area contributed by atoms with Crippen molar-refractivity contribution in [3.63, 3.8) is 0 Å². The van der Waals surface area contributed by atoms with Gasteiger partial charge in [0.1, 0.15) is 0 Å². The molecule has 0 aromatic heterocycles. The number of benzene rings is 1. The summed E-state index contributed by atoms with van der Waals surface area (Å²) in [6.45, 7) is 0.899. The molecular formula is C11H9ClF6. The van der Waals surface area contributed by atoms with Gasteiger partial charge in [-0.15, -0.1) is 0 Å². The van der Waals surface area contributed by atoms with Gasteiger partial charge < -0.3 is 0 Å². The maximum atomic E-state index is 12.4. The van der Waals surface area contributed by atoms with Gasteiger partial charge in [0.2, 0.25) is 0 Å². The van der Waals surface area contributed by atoms with Gasteiger partial charge in [-0.3, -0.25) is 0 Å². The molecule has 0 aliphatic rings. The van der Waals surface area contributed by atoms with Crippen LogP contribution in [-0.4, -0.2) is 6.18 Å². The lowest BCUT2D eigenvalue weighted by Crippen LogP contribution is -2.22. The lowest BCUT2D eigenvalue weighted by molar-refractivity contribution is -0.169. The quantitative estimate of drug-likeness (QED) is 0.665. The molecule has 1 atom stereocenters. The Morgan fingerprint density at radius 3 is 2.11 bits per heavy atom. The molecular weight excluding hydrogens is 282 g/mol. The van der Waals surface area contributed by atoms with Gasteiger partial charge in [-0.05, 0) is 30.2 Å². The van der Waals surface area contributed by atoms with Crippen LogP contribution < -0.4 is 0 Å². The molecule has 1 rings (SSSR count). The molecule has 18 heavy (non-hydrogen) atoms. The summed E-state index contributed by atoms with van der Waals surface area (Å²) in [5.74, 6) is -1.75. The molecule has 0 radical (unpaired) electrons. The van der Waals surface area contributed by atoms with Crippen molar-refractivity contribution in [2.75, 3.05) is 0 Å². The fourth-order valence-corrected chi connectivity index (χ4v) is 1.55. The molecule has 1 aromatic rings. The van der Waals surface area contributed by atoms with Crippen molar-refractivity contribution in [1.82, 2.24) is 0 Å². The first-order chi connectivity index (χ1) is 8.01. The predicted molar refractivity (Wildman–Crippen MR) is 55.4 cm³/mol. The van der Waals surface area contributed by atoms with Crippen LogP contribution in [0.4, 0.5) is 26.3 Å². The minimum atomic E-state index is -4.60. The summed E-state index contributed by atoms with van der Waals surface area (Å²) in [5.41, 5.74) is -1.16. The van der Waals surface area contributed by atoms with Gasteiger partial charge in [-0.25, -0.2) is 0 Å². The largest absolute Gasteiger partial charge is 0.416 e. The molecule has 1 unspecified atom stereocenters. The van der Waals surface area contributed by atoms with Crippen LogP contribution in [-0.2, 0) is 12.6 Å². The maximum absolute atomic E-state index is 12.4. The third-order valence-corrected chi connectivity index (χ3v) is 2.83. The average Bonchev–Trinajstić information content (AvgIpc) is 2.18. The summed E-state index contributed by atoms with van der Waals surface area (Å²) in [5, 5.41) is -0.0981. The molecule has 0 saturated heterocycles. The van der Waals surface area contributed by atoms with Crippen LogP contribution in [0.15, 0.2) is 18.2 Å². The zero-order valence-corrected chi connectivity index (χ0v) is 9.92. The monoisotopic (exact) mass is 290 g/mol. The smallest absolute Gasteiger partial charge is 0.171 e. The van der Waals surface area contributed by atoms with E-state index in [2.05, 4.69) is 0 Å². The summed E-state index contributed by atoms with van der Waals surface area (Å²) in [4.78, 5) is 0. The van der Waals surface area contributed by atoms with E-state index < -0.39 is 30.3 Å². The summed E-state index contributed by atoms with van der Waals surface area (Å²) >= 11 is 5.61. The summed E-state index contributed by atoms with van der Waals surface area (Å²) in [7, 11) is 0. The minimum absolute atomic E-state index is 0.0981. The lowest BCUT2D eigenvalue weighted by atomic mass is 9.99. The van der Waals surface area contributed by atoms with Crippen LogP contribution in [0.2, 0.25) is 5.02 Å². The van der Waals surface area contributed by atoms with E-state index in [1.165, 1.54) is 0 Å². The fraction of sp³-hybridized carbons (Fsp3) is 0.455. The van der Waals surface area contributed by atoms with E-state index in [1.54, 1.807) is 0 Å². The number of hydrogen-bond donors (Lipinski definition) is 0. The highest BCUT2D eigenvalue weighted by molar-refractivity contribution is 6.31. The Bertz CT molecular complexity index is 421. The second kappa shape index (κ2) is 4.99. The summed E-state index contributed by atoms with van der Waals surface area (Å²) in [6, 6.07) is 2.36. The molecule has 1 aromatic carbocycles. The van der Waals surface area contributed by atoms with Crippen molar-refractivity contribution in [2.24, 2.45) is 5.92 Å². The number of alkyl halides is 6. The SMILES string of the molecule is CC(Cc1cc(C(F)(F)F)ccc1Cl)C(F)(F)F. The van der Waals surface area contributed by atoms with Gasteiger partial charge in [-0.1, -0.05) is 18.5 Å². The minimum Gasteiger partial charge on any atom is -0.171 e. The molecule has 0 fully saturated rings. The molecule has 0 N–H and O–H groups in total. The third-order valence-electron chi connectivity index (χ3n) is 2.46. The second-order valence-corrected chi connectivity index (χ2v) is 4.36. The van der Waals surface area contributed by atoms with Crippen molar-refractivity contribution < 1.29 is 26.3 Å². The van der Waals surface area contributed by atoms with Crippen molar-refractivity contribution in [3.8, 4) is 0 Å². The van der Waals surface area contributed by atoms with Crippen LogP contribution in [0.3, 0.4) is 0 Å². The Morgan fingerprint density at radius 2 is 1.67 bits per heavy atom. The Hall–Kier alpha value is -0.910. The Balaban J connectivity index is 3.03. The van der Waals surface area contributed by atoms with Crippen molar-refractivity contribution >= 4 is 11.6 Å². The zero-order chi connectivity index (χ0) is 14.1. The Kier molecular flexibility index (Phi) is 4.20. The highest BCUT2D eigenvalue weighted by Crippen LogP contribution is 2.35. The van der Waals surface area contributed by atoms with E-state index in [0.717, 1.165) is 19.1 Å². The molecule has 0 heterocycles. The number of hydrogen-bond acceptors (Lipinski definition) is 0. The molecule has 102 valence electrons. The summed E-state index contributed by atoms with van der Waals surface area (Å²) in [6.07, 6.45) is -9.63. The van der Waals surface area contributed by atoms with Crippen LogP contribution in [0.5, 0.6) is 0 Å². The predicted octanol–water partition coefficient (Wildman–Crippen LogP) is 5.10. The average molecular weight is 291 g/mol. The number of rotatable bonds is 2. The van der Waals surface area contributed by atoms with Crippen LogP contribution in [0.1, 0.15) is 18.1 Å². The molecule has 0 aliphatic heterocycles.